The fraction of sp³-hybridized carbons (Fsp3) is 0.185. The Labute approximate surface area is 212 Å². The van der Waals surface area contributed by atoms with Gasteiger partial charge in [-0.2, -0.15) is 13.2 Å². The van der Waals surface area contributed by atoms with Crippen molar-refractivity contribution in [2.75, 3.05) is 32.5 Å². The Balaban J connectivity index is 1.56. The molecular weight excluding hydrogens is 479 g/mol. The molecular formula is C27H27F3N7+. The van der Waals surface area contributed by atoms with Crippen LogP contribution in [0.4, 0.5) is 24.7 Å². The highest BCUT2D eigenvalue weighted by Gasteiger charge is 2.30. The Morgan fingerprint density at radius 2 is 1.81 bits per heavy atom. The third kappa shape index (κ3) is 6.54. The smallest absolute Gasteiger partial charge is 0.340 e. The van der Waals surface area contributed by atoms with Crippen LogP contribution in [0.5, 0.6) is 0 Å². The van der Waals surface area contributed by atoms with Crippen molar-refractivity contribution in [3.05, 3.63) is 84.4 Å². The lowest BCUT2D eigenvalue weighted by molar-refractivity contribution is -0.586. The minimum atomic E-state index is -4.39. The highest BCUT2D eigenvalue weighted by atomic mass is 19.4. The van der Waals surface area contributed by atoms with E-state index in [2.05, 4.69) is 30.5 Å². The molecule has 0 bridgehead atoms. The fourth-order valence-electron chi connectivity index (χ4n) is 3.74. The highest BCUT2D eigenvalue weighted by molar-refractivity contribution is 6.09. The molecule has 0 aliphatic rings. The minimum Gasteiger partial charge on any atom is -0.340 e. The van der Waals surface area contributed by atoms with Crippen molar-refractivity contribution in [2.45, 2.75) is 6.18 Å². The molecule has 2 aromatic carbocycles. The number of halogens is 3. The van der Waals surface area contributed by atoms with E-state index in [-0.39, 0.29) is 0 Å². The van der Waals surface area contributed by atoms with E-state index >= 15 is 0 Å². The zero-order chi connectivity index (χ0) is 26.4. The largest absolute Gasteiger partial charge is 0.416 e. The van der Waals surface area contributed by atoms with Crippen LogP contribution in [-0.2, 0) is 6.18 Å². The van der Waals surface area contributed by atoms with Crippen molar-refractivity contribution in [3.63, 3.8) is 0 Å². The number of nitrogens with zero attached hydrogens (tertiary/aromatic N) is 4. The molecule has 37 heavy (non-hydrogen) atoms. The number of likely N-dealkylation sites (N-methyl/N-ethyl adjacent to an activating group) is 1. The maximum absolute atomic E-state index is 12.9. The first-order valence-corrected chi connectivity index (χ1v) is 11.6. The summed E-state index contributed by atoms with van der Waals surface area (Å²) in [6, 6.07) is 14.2. The number of nitrogens with one attached hydrogen (secondary N) is 2. The van der Waals surface area contributed by atoms with Crippen LogP contribution in [0, 0.1) is 5.41 Å². The summed E-state index contributed by atoms with van der Waals surface area (Å²) < 4.78 is 38.7. The van der Waals surface area contributed by atoms with E-state index in [1.807, 2.05) is 38.5 Å². The molecule has 0 radical (unpaired) electrons. The van der Waals surface area contributed by atoms with Crippen LogP contribution in [0.1, 0.15) is 11.1 Å². The molecule has 0 atom stereocenters. The van der Waals surface area contributed by atoms with Gasteiger partial charge in [-0.05, 0) is 56.1 Å². The van der Waals surface area contributed by atoms with Gasteiger partial charge in [0, 0.05) is 35.6 Å². The van der Waals surface area contributed by atoms with E-state index in [0.29, 0.717) is 28.3 Å². The highest BCUT2D eigenvalue weighted by Crippen LogP contribution is 2.31. The molecule has 2 aromatic heterocycles. The fourth-order valence-corrected chi connectivity index (χ4v) is 3.74. The Hall–Kier alpha value is -4.15. The summed E-state index contributed by atoms with van der Waals surface area (Å²) in [6.07, 6.45) is 1.93. The lowest BCUT2D eigenvalue weighted by Crippen LogP contribution is -2.79. The zero-order valence-corrected chi connectivity index (χ0v) is 20.4. The summed E-state index contributed by atoms with van der Waals surface area (Å²) in [5, 5.41) is 13.9. The quantitative estimate of drug-likeness (QED) is 0.228. The van der Waals surface area contributed by atoms with Gasteiger partial charge in [-0.15, -0.1) is 0 Å². The van der Waals surface area contributed by atoms with E-state index in [0.717, 1.165) is 41.7 Å². The summed E-state index contributed by atoms with van der Waals surface area (Å²) in [5.41, 5.74) is 3.46. The van der Waals surface area contributed by atoms with E-state index < -0.39 is 11.7 Å². The van der Waals surface area contributed by atoms with E-state index in [1.54, 1.807) is 18.3 Å². The molecule has 0 fully saturated rings. The predicted molar refractivity (Wildman–Crippen MR) is 140 cm³/mol. The molecule has 2 heterocycles. The molecule has 0 spiro atoms. The molecule has 0 aliphatic heterocycles. The van der Waals surface area contributed by atoms with Crippen LogP contribution < -0.4 is 10.6 Å². The summed E-state index contributed by atoms with van der Waals surface area (Å²) in [7, 11) is 4.04. The van der Waals surface area contributed by atoms with Gasteiger partial charge in [-0.1, -0.05) is 18.2 Å². The molecule has 7 nitrogen and oxygen atoms in total. The van der Waals surface area contributed by atoms with Crippen molar-refractivity contribution in [2.24, 2.45) is 0 Å². The van der Waals surface area contributed by atoms with Crippen LogP contribution in [0.15, 0.2) is 73.3 Å². The van der Waals surface area contributed by atoms with Crippen LogP contribution >= 0.6 is 0 Å². The second kappa shape index (κ2) is 11.3. The second-order valence-electron chi connectivity index (χ2n) is 8.68. The third-order valence-electron chi connectivity index (χ3n) is 5.70. The average molecular weight is 507 g/mol. The number of aromatic nitrogens is 3. The van der Waals surface area contributed by atoms with Gasteiger partial charge in [0.05, 0.1) is 28.9 Å². The summed E-state index contributed by atoms with van der Waals surface area (Å²) in [6.45, 7) is 1.81. The van der Waals surface area contributed by atoms with Gasteiger partial charge in [0.2, 0.25) is 0 Å². The topological polar surface area (TPSA) is 94.4 Å². The number of hydrogen-bond donors (Lipinski definition) is 3. The Morgan fingerprint density at radius 3 is 2.51 bits per heavy atom. The van der Waals surface area contributed by atoms with Crippen molar-refractivity contribution in [1.29, 1.82) is 5.41 Å². The van der Waals surface area contributed by atoms with Gasteiger partial charge in [0.1, 0.15) is 18.3 Å². The van der Waals surface area contributed by atoms with Gasteiger partial charge in [0.15, 0.2) is 0 Å². The molecule has 0 amide bonds. The van der Waals surface area contributed by atoms with Crippen LogP contribution in [-0.4, -0.2) is 53.3 Å². The first kappa shape index (κ1) is 25.9. The Bertz CT molecular complexity index is 1410. The number of hydrogen-bond acceptors (Lipinski definition) is 6. The number of allylic oxidation sites excluding steroid dienone is 1. The number of pyridine rings is 1. The number of nitrogens with two attached hydrogens (primary N) is 1. The van der Waals surface area contributed by atoms with Gasteiger partial charge < -0.3 is 20.9 Å². The summed E-state index contributed by atoms with van der Waals surface area (Å²) in [4.78, 5) is 15.2. The van der Waals surface area contributed by atoms with Crippen molar-refractivity contribution >= 4 is 34.2 Å². The van der Waals surface area contributed by atoms with Gasteiger partial charge in [0.25, 0.3) is 0 Å². The van der Waals surface area contributed by atoms with Gasteiger partial charge in [-0.25, -0.2) is 9.97 Å². The van der Waals surface area contributed by atoms with E-state index in [1.165, 1.54) is 24.7 Å². The maximum atomic E-state index is 12.9. The number of quaternary nitrogens is 1. The number of anilines is 2. The second-order valence-corrected chi connectivity index (χ2v) is 8.68. The SMILES string of the molecule is CN(C)CC[NH2+]/C=C(\C=N)c1ccc2c(Nc3ccnc(-c4ccc(C(F)(F)F)cc4)c3)ncnc2c1. The average Bonchev–Trinajstić information content (AvgIpc) is 2.88. The van der Waals surface area contributed by atoms with E-state index in [9.17, 15) is 13.2 Å². The Morgan fingerprint density at radius 1 is 1.03 bits per heavy atom. The monoisotopic (exact) mass is 506 g/mol. The van der Waals surface area contributed by atoms with Crippen molar-refractivity contribution in [3.8, 4) is 11.3 Å². The van der Waals surface area contributed by atoms with E-state index in [4.69, 9.17) is 5.41 Å². The molecule has 4 rings (SSSR count). The standard InChI is InChI=1S/C27H26F3N7/c1-37(2)12-11-32-16-20(15-31)19-5-8-23-25(13-19)34-17-35-26(23)36-22-9-10-33-24(14-22)18-3-6-21(7-4-18)27(28,29)30/h3-10,13-17,31-32H,11-12H2,1-2H3,(H,33,34,35,36)/p+1/b20-16+,31-15?. The van der Waals surface area contributed by atoms with Crippen LogP contribution in [0.25, 0.3) is 27.7 Å². The maximum Gasteiger partial charge on any atom is 0.416 e. The normalized spacial score (nSPS) is 12.2. The first-order valence-electron chi connectivity index (χ1n) is 11.6. The molecule has 10 heteroatoms. The lowest BCUT2D eigenvalue weighted by Gasteiger charge is -2.11. The summed E-state index contributed by atoms with van der Waals surface area (Å²) in [5.74, 6) is 0.582. The number of rotatable bonds is 9. The van der Waals surface area contributed by atoms with Gasteiger partial charge in [-0.3, -0.25) is 4.98 Å². The summed E-state index contributed by atoms with van der Waals surface area (Å²) >= 11 is 0. The molecule has 4 aromatic rings. The van der Waals surface area contributed by atoms with Gasteiger partial charge >= 0.3 is 6.18 Å². The number of alkyl halides is 3. The first-order chi connectivity index (χ1) is 17.7. The zero-order valence-electron chi connectivity index (χ0n) is 20.4. The van der Waals surface area contributed by atoms with Crippen LogP contribution in [0.2, 0.25) is 0 Å². The molecule has 0 unspecified atom stereocenters. The lowest BCUT2D eigenvalue weighted by atomic mass is 10.1. The minimum absolute atomic E-state index is 0.533. The van der Waals surface area contributed by atoms with Crippen molar-refractivity contribution < 1.29 is 18.5 Å². The third-order valence-corrected chi connectivity index (χ3v) is 5.70. The molecule has 0 aliphatic carbocycles. The molecule has 0 saturated carbocycles. The number of fused-ring (bicyclic) bond motifs is 1. The number of benzene rings is 2. The predicted octanol–water partition coefficient (Wildman–Crippen LogP) is 4.57. The molecule has 4 N–H and O–H groups in total. The molecule has 190 valence electrons. The van der Waals surface area contributed by atoms with Crippen LogP contribution in [0.3, 0.4) is 0 Å². The molecule has 0 saturated heterocycles. The van der Waals surface area contributed by atoms with Crippen molar-refractivity contribution in [1.82, 2.24) is 19.9 Å². The Kier molecular flexibility index (Phi) is 7.90.